The van der Waals surface area contributed by atoms with Crippen LogP contribution in [0.4, 0.5) is 5.69 Å². The van der Waals surface area contributed by atoms with Gasteiger partial charge in [-0.15, -0.1) is 0 Å². The lowest BCUT2D eigenvalue weighted by Gasteiger charge is -2.13. The van der Waals surface area contributed by atoms with Crippen LogP contribution in [-0.4, -0.2) is 9.55 Å². The third-order valence-electron chi connectivity index (χ3n) is 8.24. The maximum absolute atomic E-state index is 7.52. The van der Waals surface area contributed by atoms with Crippen LogP contribution < -0.4 is 0 Å². The Kier molecular flexibility index (Phi) is 5.84. The van der Waals surface area contributed by atoms with Crippen molar-refractivity contribution in [2.24, 2.45) is 0 Å². The van der Waals surface area contributed by atoms with Gasteiger partial charge in [-0.2, -0.15) is 0 Å². The van der Waals surface area contributed by atoms with Gasteiger partial charge in [0.25, 0.3) is 0 Å². The fraction of sp³-hybridized carbons (Fsp3) is 0. The highest BCUT2D eigenvalue weighted by atomic mass is 15.1. The Bertz CT molecular complexity index is 2330. The molecule has 1 aromatic heterocycles. The summed E-state index contributed by atoms with van der Waals surface area (Å²) in [5, 5.41) is 4.94. The van der Waals surface area contributed by atoms with Crippen molar-refractivity contribution in [2.45, 2.75) is 0 Å². The molecule has 0 aliphatic carbocycles. The number of aromatic nitrogens is 2. The van der Waals surface area contributed by atoms with Crippen molar-refractivity contribution in [2.75, 3.05) is 0 Å². The smallest absolute Gasteiger partial charge is 0.189 e. The molecule has 43 heavy (non-hydrogen) atoms. The molecule has 0 fully saturated rings. The van der Waals surface area contributed by atoms with E-state index in [1.807, 2.05) is 18.2 Å². The van der Waals surface area contributed by atoms with Crippen molar-refractivity contribution in [1.29, 1.82) is 0 Å². The minimum atomic E-state index is 0.585. The first-order valence-corrected chi connectivity index (χ1v) is 14.3. The Labute approximate surface area is 249 Å². The highest BCUT2D eigenvalue weighted by Crippen LogP contribution is 2.35. The fourth-order valence-corrected chi connectivity index (χ4v) is 6.14. The molecule has 0 aliphatic rings. The maximum atomic E-state index is 7.52. The van der Waals surface area contributed by atoms with E-state index >= 15 is 0 Å². The zero-order valence-electron chi connectivity index (χ0n) is 23.3. The standard InChI is InChI=1S/C40H25N3/c1-41-32-22-25-39-38(26-32)42-40(31-18-16-29(17-19-31)36-14-6-10-27-8-2-4-12-34(27)36)43(39)33-23-20-30(21-24-33)37-15-7-11-28-9-3-5-13-35(28)37/h2-26H. The lowest BCUT2D eigenvalue weighted by molar-refractivity contribution is 1.10. The predicted molar refractivity (Wildman–Crippen MR) is 179 cm³/mol. The first-order chi connectivity index (χ1) is 21.3. The Hall–Kier alpha value is -5.98. The highest BCUT2D eigenvalue weighted by Gasteiger charge is 2.16. The molecule has 3 heteroatoms. The molecule has 8 aromatic rings. The average Bonchev–Trinajstić information content (AvgIpc) is 3.46. The molecule has 0 radical (unpaired) electrons. The molecule has 0 aliphatic heterocycles. The van der Waals surface area contributed by atoms with Crippen LogP contribution in [0.15, 0.2) is 152 Å². The summed E-state index contributed by atoms with van der Waals surface area (Å²) in [7, 11) is 0. The summed E-state index contributed by atoms with van der Waals surface area (Å²) in [6.07, 6.45) is 0. The zero-order chi connectivity index (χ0) is 28.8. The summed E-state index contributed by atoms with van der Waals surface area (Å²) in [4.78, 5) is 8.71. The maximum Gasteiger partial charge on any atom is 0.189 e. The van der Waals surface area contributed by atoms with Crippen molar-refractivity contribution in [3.05, 3.63) is 163 Å². The average molecular weight is 548 g/mol. The highest BCUT2D eigenvalue weighted by molar-refractivity contribution is 5.98. The van der Waals surface area contributed by atoms with E-state index < -0.39 is 0 Å². The second kappa shape index (κ2) is 10.1. The van der Waals surface area contributed by atoms with E-state index in [2.05, 4.69) is 143 Å². The number of fused-ring (bicyclic) bond motifs is 3. The third-order valence-corrected chi connectivity index (χ3v) is 8.24. The van der Waals surface area contributed by atoms with Gasteiger partial charge in [-0.25, -0.2) is 9.83 Å². The second-order valence-electron chi connectivity index (χ2n) is 10.7. The monoisotopic (exact) mass is 547 g/mol. The van der Waals surface area contributed by atoms with Crippen LogP contribution in [0.5, 0.6) is 0 Å². The zero-order valence-corrected chi connectivity index (χ0v) is 23.3. The van der Waals surface area contributed by atoms with Crippen LogP contribution in [0.25, 0.3) is 76.8 Å². The molecular formula is C40H25N3. The number of imidazole rings is 1. The van der Waals surface area contributed by atoms with E-state index in [1.165, 1.54) is 38.2 Å². The van der Waals surface area contributed by atoms with Gasteiger partial charge >= 0.3 is 0 Å². The first-order valence-electron chi connectivity index (χ1n) is 14.3. The number of benzene rings is 7. The van der Waals surface area contributed by atoms with Crippen molar-refractivity contribution >= 4 is 38.3 Å². The van der Waals surface area contributed by atoms with E-state index in [4.69, 9.17) is 11.6 Å². The number of hydrogen-bond acceptors (Lipinski definition) is 1. The molecule has 0 amide bonds. The SMILES string of the molecule is [C-]#[N+]c1ccc2c(c1)nc(-c1ccc(-c3cccc4ccccc34)cc1)n2-c1ccc(-c2cccc3ccccc23)cc1. The predicted octanol–water partition coefficient (Wildman–Crippen LogP) is 10.9. The molecule has 7 aromatic carbocycles. The summed E-state index contributed by atoms with van der Waals surface area (Å²) in [5.74, 6) is 0.847. The van der Waals surface area contributed by atoms with Gasteiger partial charge in [-0.3, -0.25) is 4.57 Å². The Balaban J connectivity index is 1.25. The molecule has 200 valence electrons. The minimum Gasteiger partial charge on any atom is -0.292 e. The molecule has 0 saturated carbocycles. The first kappa shape index (κ1) is 24.8. The normalized spacial score (nSPS) is 11.2. The van der Waals surface area contributed by atoms with E-state index in [-0.39, 0.29) is 0 Å². The minimum absolute atomic E-state index is 0.585. The van der Waals surface area contributed by atoms with Crippen LogP contribution in [0.3, 0.4) is 0 Å². The Morgan fingerprint density at radius 1 is 0.512 bits per heavy atom. The largest absolute Gasteiger partial charge is 0.292 e. The molecular weight excluding hydrogens is 522 g/mol. The van der Waals surface area contributed by atoms with Crippen LogP contribution in [0.2, 0.25) is 0 Å². The van der Waals surface area contributed by atoms with E-state index in [1.54, 1.807) is 0 Å². The number of hydrogen-bond donors (Lipinski definition) is 0. The molecule has 3 nitrogen and oxygen atoms in total. The lowest BCUT2D eigenvalue weighted by atomic mass is 9.97. The number of nitrogens with zero attached hydrogens (tertiary/aromatic N) is 3. The molecule has 0 atom stereocenters. The van der Waals surface area contributed by atoms with Gasteiger partial charge in [0, 0.05) is 11.3 Å². The van der Waals surface area contributed by atoms with Crippen molar-refractivity contribution in [1.82, 2.24) is 9.55 Å². The van der Waals surface area contributed by atoms with Gasteiger partial charge in [0.05, 0.1) is 17.6 Å². The van der Waals surface area contributed by atoms with Crippen molar-refractivity contribution in [3.63, 3.8) is 0 Å². The Morgan fingerprint density at radius 2 is 1.05 bits per heavy atom. The van der Waals surface area contributed by atoms with E-state index in [0.29, 0.717) is 5.69 Å². The van der Waals surface area contributed by atoms with Gasteiger partial charge in [-0.05, 0) is 68.1 Å². The Morgan fingerprint density at radius 3 is 1.65 bits per heavy atom. The summed E-state index contributed by atoms with van der Waals surface area (Å²) >= 11 is 0. The van der Waals surface area contributed by atoms with Crippen LogP contribution in [0.1, 0.15) is 0 Å². The molecule has 0 bridgehead atoms. The van der Waals surface area contributed by atoms with Gasteiger partial charge in [-0.1, -0.05) is 127 Å². The molecule has 0 unspecified atom stereocenters. The molecule has 1 heterocycles. The summed E-state index contributed by atoms with van der Waals surface area (Å²) < 4.78 is 2.20. The van der Waals surface area contributed by atoms with E-state index in [9.17, 15) is 0 Å². The quantitative estimate of drug-likeness (QED) is 0.201. The third kappa shape index (κ3) is 4.25. The molecule has 8 rings (SSSR count). The van der Waals surface area contributed by atoms with Crippen LogP contribution in [0, 0.1) is 6.57 Å². The van der Waals surface area contributed by atoms with Gasteiger partial charge in [0.2, 0.25) is 0 Å². The lowest BCUT2D eigenvalue weighted by Crippen LogP contribution is -1.97. The van der Waals surface area contributed by atoms with Crippen LogP contribution in [-0.2, 0) is 0 Å². The van der Waals surface area contributed by atoms with Gasteiger partial charge in [0.15, 0.2) is 5.69 Å². The van der Waals surface area contributed by atoms with Crippen molar-refractivity contribution < 1.29 is 0 Å². The second-order valence-corrected chi connectivity index (χ2v) is 10.7. The summed E-state index contributed by atoms with van der Waals surface area (Å²) in [6.45, 7) is 7.52. The van der Waals surface area contributed by atoms with Crippen LogP contribution >= 0.6 is 0 Å². The summed E-state index contributed by atoms with van der Waals surface area (Å²) in [5.41, 5.74) is 9.16. The van der Waals surface area contributed by atoms with Crippen molar-refractivity contribution in [3.8, 4) is 39.3 Å². The molecule has 0 spiro atoms. The summed E-state index contributed by atoms with van der Waals surface area (Å²) in [6, 6.07) is 53.0. The van der Waals surface area contributed by atoms with E-state index in [0.717, 1.165) is 33.7 Å². The number of rotatable bonds is 4. The fourth-order valence-electron chi connectivity index (χ4n) is 6.14. The topological polar surface area (TPSA) is 22.2 Å². The van der Waals surface area contributed by atoms with Gasteiger partial charge in [0.1, 0.15) is 5.82 Å². The van der Waals surface area contributed by atoms with Gasteiger partial charge < -0.3 is 0 Å². The molecule has 0 N–H and O–H groups in total. The molecule has 0 saturated heterocycles.